The molecule has 176 valence electrons. The number of fused-ring (bicyclic) bond motifs is 3. The van der Waals surface area contributed by atoms with E-state index in [9.17, 15) is 4.79 Å². The third-order valence-corrected chi connectivity index (χ3v) is 8.67. The van der Waals surface area contributed by atoms with E-state index in [-0.39, 0.29) is 5.91 Å². The van der Waals surface area contributed by atoms with Crippen LogP contribution in [0.1, 0.15) is 36.0 Å². The van der Waals surface area contributed by atoms with Gasteiger partial charge >= 0.3 is 0 Å². The van der Waals surface area contributed by atoms with Crippen LogP contribution in [0.5, 0.6) is 0 Å². The molecule has 0 radical (unpaired) electrons. The summed E-state index contributed by atoms with van der Waals surface area (Å²) in [6.45, 7) is 10.1. The van der Waals surface area contributed by atoms with Gasteiger partial charge in [0.25, 0.3) is 5.91 Å². The average molecular weight is 458 g/mol. The summed E-state index contributed by atoms with van der Waals surface area (Å²) in [5.41, 5.74) is 2.69. The number of carbonyl (C=O) groups is 1. The van der Waals surface area contributed by atoms with Crippen molar-refractivity contribution in [2.24, 2.45) is 5.92 Å². The van der Waals surface area contributed by atoms with Crippen LogP contribution in [0.4, 0.5) is 5.69 Å². The van der Waals surface area contributed by atoms with Crippen LogP contribution in [0, 0.1) is 5.92 Å². The smallest absolute Gasteiger partial charge is 0.258 e. The number of anilines is 1. The van der Waals surface area contributed by atoms with E-state index in [0.717, 1.165) is 60.2 Å². The highest BCUT2D eigenvalue weighted by Gasteiger charge is 2.35. The van der Waals surface area contributed by atoms with Crippen molar-refractivity contribution in [3.8, 4) is 0 Å². The van der Waals surface area contributed by atoms with Gasteiger partial charge in [-0.15, -0.1) is 0 Å². The predicted molar refractivity (Wildman–Crippen MR) is 133 cm³/mol. The third-order valence-electron chi connectivity index (χ3n) is 6.97. The topological polar surface area (TPSA) is 62.6 Å². The highest BCUT2D eigenvalue weighted by atomic mass is 28.3. The molecule has 1 saturated carbocycles. The second-order valence-corrected chi connectivity index (χ2v) is 16.4. The van der Waals surface area contributed by atoms with Crippen LogP contribution in [0.2, 0.25) is 25.7 Å². The van der Waals surface area contributed by atoms with Crippen LogP contribution in [-0.2, 0) is 11.5 Å². The molecule has 1 aliphatic heterocycles. The number of aromatic nitrogens is 2. The molecule has 1 amide bonds. The summed E-state index contributed by atoms with van der Waals surface area (Å²) in [4.78, 5) is 21.9. The molecule has 0 spiro atoms. The molecule has 0 atom stereocenters. The monoisotopic (exact) mass is 457 g/mol. The van der Waals surface area contributed by atoms with E-state index in [1.54, 1.807) is 6.20 Å². The number of ether oxygens (including phenoxy) is 1. The Morgan fingerprint density at radius 1 is 1.22 bits per heavy atom. The fraction of sp³-hybridized carbons (Fsp3) is 0.667. The lowest BCUT2D eigenvalue weighted by atomic mass is 9.84. The first kappa shape index (κ1) is 23.3. The molecule has 1 fully saturated rings. The van der Waals surface area contributed by atoms with Gasteiger partial charge in [-0.05, 0) is 57.3 Å². The highest BCUT2D eigenvalue weighted by Crippen LogP contribution is 2.39. The Balaban J connectivity index is 1.58. The minimum atomic E-state index is -1.11. The minimum Gasteiger partial charge on any atom is -0.361 e. The Morgan fingerprint density at radius 3 is 2.66 bits per heavy atom. The second kappa shape index (κ2) is 9.53. The van der Waals surface area contributed by atoms with E-state index in [0.29, 0.717) is 19.4 Å². The predicted octanol–water partition coefficient (Wildman–Crippen LogP) is 3.98. The quantitative estimate of drug-likeness (QED) is 0.480. The van der Waals surface area contributed by atoms with E-state index >= 15 is 0 Å². The normalized spacial score (nSPS) is 22.0. The van der Waals surface area contributed by atoms with E-state index in [1.807, 2.05) is 19.0 Å². The Labute approximate surface area is 193 Å². The molecule has 1 N–H and O–H groups in total. The van der Waals surface area contributed by atoms with E-state index in [4.69, 9.17) is 9.72 Å². The van der Waals surface area contributed by atoms with Crippen molar-refractivity contribution < 1.29 is 9.53 Å². The molecular weight excluding hydrogens is 418 g/mol. The number of amides is 1. The van der Waals surface area contributed by atoms with Crippen molar-refractivity contribution in [3.63, 3.8) is 0 Å². The van der Waals surface area contributed by atoms with Crippen molar-refractivity contribution >= 4 is 30.7 Å². The molecule has 4 rings (SSSR count). The summed E-state index contributed by atoms with van der Waals surface area (Å²) in [6, 6.07) is 3.72. The molecule has 1 aliphatic carbocycles. The van der Waals surface area contributed by atoms with Gasteiger partial charge in [-0.2, -0.15) is 0 Å². The van der Waals surface area contributed by atoms with Crippen LogP contribution < -0.4 is 10.2 Å². The zero-order valence-electron chi connectivity index (χ0n) is 20.4. The van der Waals surface area contributed by atoms with Crippen molar-refractivity contribution in [2.45, 2.75) is 64.1 Å². The molecule has 2 aromatic heterocycles. The van der Waals surface area contributed by atoms with Gasteiger partial charge in [-0.3, -0.25) is 4.79 Å². The SMILES string of the molecule is CNC[C@H]1CC[C@H](N2CN(C)C(=O)c3cnc4c(ccn4COCC[Si](C)(C)C)c32)CC1. The van der Waals surface area contributed by atoms with Crippen molar-refractivity contribution in [1.29, 1.82) is 0 Å². The number of rotatable bonds is 8. The largest absolute Gasteiger partial charge is 0.361 e. The first-order valence-corrected chi connectivity index (χ1v) is 15.7. The molecule has 2 aliphatic rings. The number of nitrogens with zero attached hydrogens (tertiary/aromatic N) is 4. The maximum absolute atomic E-state index is 13.0. The number of pyridine rings is 1. The maximum Gasteiger partial charge on any atom is 0.258 e. The molecule has 0 bridgehead atoms. The van der Waals surface area contributed by atoms with Gasteiger partial charge in [0, 0.05) is 45.6 Å². The lowest BCUT2D eigenvalue weighted by molar-refractivity contribution is 0.0774. The van der Waals surface area contributed by atoms with E-state index in [1.165, 1.54) is 12.8 Å². The third kappa shape index (κ3) is 4.87. The number of hydrogen-bond donors (Lipinski definition) is 1. The first-order chi connectivity index (χ1) is 15.3. The molecule has 0 aromatic carbocycles. The summed E-state index contributed by atoms with van der Waals surface area (Å²) in [5.74, 6) is 0.820. The summed E-state index contributed by atoms with van der Waals surface area (Å²) in [7, 11) is 2.83. The molecule has 0 saturated heterocycles. The Morgan fingerprint density at radius 2 is 1.97 bits per heavy atom. The molecule has 0 unspecified atom stereocenters. The van der Waals surface area contributed by atoms with Crippen LogP contribution in [0.15, 0.2) is 18.5 Å². The molecule has 3 heterocycles. The van der Waals surface area contributed by atoms with Gasteiger partial charge in [-0.1, -0.05) is 19.6 Å². The standard InChI is InChI=1S/C24H39N5O2Si/c1-25-14-18-6-8-19(9-7-18)29-16-27(2)24(30)21-15-26-23-20(22(21)29)10-11-28(23)17-31-12-13-32(3,4)5/h10-11,15,18-19,25H,6-9,12-14,16-17H2,1-5H3/t18-,19-. The van der Waals surface area contributed by atoms with E-state index in [2.05, 4.69) is 46.7 Å². The average Bonchev–Trinajstić information content (AvgIpc) is 3.17. The van der Waals surface area contributed by atoms with Gasteiger partial charge in [0.15, 0.2) is 0 Å². The Hall–Kier alpha value is -1.90. The maximum atomic E-state index is 13.0. The molecule has 32 heavy (non-hydrogen) atoms. The van der Waals surface area contributed by atoms with Crippen molar-refractivity contribution in [1.82, 2.24) is 19.8 Å². The summed E-state index contributed by atoms with van der Waals surface area (Å²) >= 11 is 0. The molecular formula is C24H39N5O2Si. The Bertz CT molecular complexity index is 946. The van der Waals surface area contributed by atoms with Gasteiger partial charge in [-0.25, -0.2) is 4.98 Å². The highest BCUT2D eigenvalue weighted by molar-refractivity contribution is 6.76. The zero-order valence-corrected chi connectivity index (χ0v) is 21.4. The minimum absolute atomic E-state index is 0.0636. The van der Waals surface area contributed by atoms with E-state index < -0.39 is 8.07 Å². The van der Waals surface area contributed by atoms with Gasteiger partial charge in [0.2, 0.25) is 0 Å². The second-order valence-electron chi connectivity index (χ2n) is 10.7. The lowest BCUT2D eigenvalue weighted by Gasteiger charge is -2.44. The molecule has 2 aromatic rings. The van der Waals surface area contributed by atoms with Crippen LogP contribution in [0.3, 0.4) is 0 Å². The molecule has 7 nitrogen and oxygen atoms in total. The fourth-order valence-electron chi connectivity index (χ4n) is 5.05. The summed E-state index contributed by atoms with van der Waals surface area (Å²) in [6.07, 6.45) is 8.62. The van der Waals surface area contributed by atoms with Crippen molar-refractivity contribution in [2.75, 3.05) is 38.8 Å². The number of hydrogen-bond acceptors (Lipinski definition) is 5. The summed E-state index contributed by atoms with van der Waals surface area (Å²) in [5, 5.41) is 4.39. The summed E-state index contributed by atoms with van der Waals surface area (Å²) < 4.78 is 8.06. The molecule has 8 heteroatoms. The van der Waals surface area contributed by atoms with Gasteiger partial charge in [0.05, 0.1) is 17.9 Å². The van der Waals surface area contributed by atoms with Crippen LogP contribution in [0.25, 0.3) is 11.0 Å². The van der Waals surface area contributed by atoms with Crippen LogP contribution in [-0.4, -0.2) is 68.4 Å². The first-order valence-electron chi connectivity index (χ1n) is 12.0. The Kier molecular flexibility index (Phi) is 6.93. The van der Waals surface area contributed by atoms with Gasteiger partial charge in [0.1, 0.15) is 12.4 Å². The number of carbonyl (C=O) groups excluding carboxylic acids is 1. The van der Waals surface area contributed by atoms with Gasteiger partial charge < -0.3 is 24.4 Å². The van der Waals surface area contributed by atoms with Crippen LogP contribution >= 0.6 is 0 Å². The lowest BCUT2D eigenvalue weighted by Crippen LogP contribution is -2.50. The number of nitrogens with one attached hydrogen (secondary N) is 1. The van der Waals surface area contributed by atoms with Crippen molar-refractivity contribution in [3.05, 3.63) is 24.0 Å². The zero-order chi connectivity index (χ0) is 22.9. The fourth-order valence-corrected chi connectivity index (χ4v) is 5.81.